The van der Waals surface area contributed by atoms with Crippen LogP contribution >= 0.6 is 34.8 Å². The van der Waals surface area contributed by atoms with Crippen LogP contribution in [0.25, 0.3) is 0 Å². The van der Waals surface area contributed by atoms with E-state index in [1.54, 1.807) is 43.3 Å². The molecule has 3 aromatic carbocycles. The van der Waals surface area contributed by atoms with Crippen LogP contribution in [0.3, 0.4) is 0 Å². The Morgan fingerprint density at radius 2 is 1.60 bits per heavy atom. The third kappa shape index (κ3) is 7.69. The Morgan fingerprint density at radius 3 is 2.23 bits per heavy atom. The van der Waals surface area contributed by atoms with E-state index in [4.69, 9.17) is 34.8 Å². The molecule has 0 aromatic heterocycles. The van der Waals surface area contributed by atoms with E-state index in [2.05, 4.69) is 5.32 Å². The third-order valence-electron chi connectivity index (χ3n) is 6.30. The van der Waals surface area contributed by atoms with E-state index < -0.39 is 28.5 Å². The van der Waals surface area contributed by atoms with Crippen LogP contribution in [0.5, 0.6) is 0 Å². The highest BCUT2D eigenvalue weighted by Gasteiger charge is 2.34. The van der Waals surface area contributed by atoms with Crippen LogP contribution in [0.4, 0.5) is 5.69 Å². The highest BCUT2D eigenvalue weighted by molar-refractivity contribution is 7.92. The lowest BCUT2D eigenvalue weighted by atomic mass is 10.1. The van der Waals surface area contributed by atoms with Gasteiger partial charge >= 0.3 is 0 Å². The molecule has 214 valence electrons. The van der Waals surface area contributed by atoms with Crippen LogP contribution in [-0.2, 0) is 26.2 Å². The Labute approximate surface area is 251 Å². The Hall–Kier alpha value is -2.78. The van der Waals surface area contributed by atoms with Crippen molar-refractivity contribution in [3.63, 3.8) is 0 Å². The molecule has 0 spiro atoms. The van der Waals surface area contributed by atoms with Crippen molar-refractivity contribution in [3.8, 4) is 0 Å². The molecule has 7 nitrogen and oxygen atoms in total. The van der Waals surface area contributed by atoms with E-state index in [1.807, 2.05) is 13.8 Å². The first-order valence-electron chi connectivity index (χ1n) is 12.8. The number of sulfonamides is 1. The van der Waals surface area contributed by atoms with Crippen molar-refractivity contribution in [2.45, 2.75) is 51.1 Å². The molecule has 0 fully saturated rings. The van der Waals surface area contributed by atoms with E-state index in [1.165, 1.54) is 35.2 Å². The summed E-state index contributed by atoms with van der Waals surface area (Å²) in [4.78, 5) is 28.6. The smallest absolute Gasteiger partial charge is 0.264 e. The van der Waals surface area contributed by atoms with E-state index in [0.717, 1.165) is 16.3 Å². The standard InChI is InChI=1S/C29H32Cl3N3O4S/c1-4-16-33-29(37)26(5-2)34(18-21-8-6-7-9-24(21)31)28(36)19-35(27-17-22(30)12-15-25(27)32)40(38,39)23-13-10-20(3)11-14-23/h6-15,17,26H,4-5,16,18-19H2,1-3H3,(H,33,37)/t26-/m1/s1. The summed E-state index contributed by atoms with van der Waals surface area (Å²) in [5.41, 5.74) is 1.54. The number of aryl methyl sites for hydroxylation is 1. The second-order valence-electron chi connectivity index (χ2n) is 9.25. The lowest BCUT2D eigenvalue weighted by molar-refractivity contribution is -0.140. The second-order valence-corrected chi connectivity index (χ2v) is 12.4. The van der Waals surface area contributed by atoms with E-state index in [-0.39, 0.29) is 33.1 Å². The molecule has 11 heteroatoms. The Balaban J connectivity index is 2.11. The molecule has 0 radical (unpaired) electrons. The molecule has 0 aliphatic heterocycles. The summed E-state index contributed by atoms with van der Waals surface area (Å²) in [7, 11) is -4.27. The van der Waals surface area contributed by atoms with E-state index in [9.17, 15) is 18.0 Å². The highest BCUT2D eigenvalue weighted by Crippen LogP contribution is 2.33. The maximum absolute atomic E-state index is 14.1. The van der Waals surface area contributed by atoms with Gasteiger partial charge in [0.25, 0.3) is 10.0 Å². The largest absolute Gasteiger partial charge is 0.354 e. The zero-order chi connectivity index (χ0) is 29.4. The number of carbonyl (C=O) groups is 2. The van der Waals surface area contributed by atoms with Gasteiger partial charge in [0.2, 0.25) is 11.8 Å². The first kappa shape index (κ1) is 31.7. The van der Waals surface area contributed by atoms with Crippen molar-refractivity contribution in [1.29, 1.82) is 0 Å². The molecule has 0 aliphatic rings. The van der Waals surface area contributed by atoms with Gasteiger partial charge in [0.15, 0.2) is 0 Å². The maximum Gasteiger partial charge on any atom is 0.264 e. The molecule has 40 heavy (non-hydrogen) atoms. The summed E-state index contributed by atoms with van der Waals surface area (Å²) in [5, 5.41) is 3.61. The van der Waals surface area contributed by atoms with Crippen LogP contribution < -0.4 is 9.62 Å². The van der Waals surface area contributed by atoms with Crippen LogP contribution in [0.1, 0.15) is 37.8 Å². The molecule has 3 aromatic rings. The molecule has 0 saturated carbocycles. The Morgan fingerprint density at radius 1 is 0.925 bits per heavy atom. The molecular weight excluding hydrogens is 593 g/mol. The number of nitrogens with zero attached hydrogens (tertiary/aromatic N) is 2. The zero-order valence-corrected chi connectivity index (χ0v) is 25.6. The second kappa shape index (κ2) is 14.2. The SMILES string of the molecule is CCCNC(=O)[C@@H](CC)N(Cc1ccccc1Cl)C(=O)CN(c1cc(Cl)ccc1Cl)S(=O)(=O)c1ccc(C)cc1. The molecule has 1 atom stereocenters. The Bertz CT molecular complexity index is 1450. The van der Waals surface area contributed by atoms with Gasteiger partial charge in [0, 0.05) is 23.1 Å². The summed E-state index contributed by atoms with van der Waals surface area (Å²) < 4.78 is 28.8. The summed E-state index contributed by atoms with van der Waals surface area (Å²) in [6.45, 7) is 5.37. The van der Waals surface area contributed by atoms with Crippen LogP contribution in [-0.4, -0.2) is 44.3 Å². The number of nitrogens with one attached hydrogen (secondary N) is 1. The molecule has 0 heterocycles. The number of carbonyl (C=O) groups excluding carboxylic acids is 2. The van der Waals surface area contributed by atoms with Gasteiger partial charge in [-0.15, -0.1) is 0 Å². The minimum absolute atomic E-state index is 0.00173. The monoisotopic (exact) mass is 623 g/mol. The first-order chi connectivity index (χ1) is 19.0. The highest BCUT2D eigenvalue weighted by atomic mass is 35.5. The molecule has 0 saturated heterocycles. The topological polar surface area (TPSA) is 86.8 Å². The number of hydrogen-bond acceptors (Lipinski definition) is 4. The zero-order valence-electron chi connectivity index (χ0n) is 22.5. The van der Waals surface area contributed by atoms with E-state index in [0.29, 0.717) is 23.6 Å². The Kier molecular flexibility index (Phi) is 11.3. The fourth-order valence-corrected chi connectivity index (χ4v) is 6.18. The molecule has 0 aliphatic carbocycles. The van der Waals surface area contributed by atoms with Gasteiger partial charge in [-0.25, -0.2) is 8.42 Å². The maximum atomic E-state index is 14.1. The van der Waals surface area contributed by atoms with E-state index >= 15 is 0 Å². The van der Waals surface area contributed by atoms with Crippen molar-refractivity contribution in [2.24, 2.45) is 0 Å². The fourth-order valence-electron chi connectivity index (χ4n) is 4.12. The molecule has 2 amide bonds. The summed E-state index contributed by atoms with van der Waals surface area (Å²) >= 11 is 19.1. The number of hydrogen-bond donors (Lipinski definition) is 1. The molecule has 0 unspecified atom stereocenters. The van der Waals surface area contributed by atoms with Gasteiger partial charge in [0.05, 0.1) is 15.6 Å². The van der Waals surface area contributed by atoms with Crippen LogP contribution in [0, 0.1) is 6.92 Å². The van der Waals surface area contributed by atoms with Gasteiger partial charge in [-0.1, -0.05) is 84.5 Å². The van der Waals surface area contributed by atoms with Crippen LogP contribution in [0.15, 0.2) is 71.6 Å². The molecule has 0 bridgehead atoms. The van der Waals surface area contributed by atoms with Gasteiger partial charge in [-0.3, -0.25) is 13.9 Å². The van der Waals surface area contributed by atoms with Gasteiger partial charge in [-0.2, -0.15) is 0 Å². The van der Waals surface area contributed by atoms with Gasteiger partial charge in [0.1, 0.15) is 12.6 Å². The van der Waals surface area contributed by atoms with Gasteiger partial charge in [-0.05, 0) is 61.7 Å². The predicted molar refractivity (Wildman–Crippen MR) is 162 cm³/mol. The van der Waals surface area contributed by atoms with Crippen molar-refractivity contribution in [3.05, 3.63) is 92.9 Å². The number of rotatable bonds is 12. The summed E-state index contributed by atoms with van der Waals surface area (Å²) in [6.07, 6.45) is 1.02. The summed E-state index contributed by atoms with van der Waals surface area (Å²) in [5.74, 6) is -0.941. The molecular formula is C29H32Cl3N3O4S. The van der Waals surface area contributed by atoms with Crippen molar-refractivity contribution >= 4 is 62.3 Å². The quantitative estimate of drug-likeness (QED) is 0.250. The van der Waals surface area contributed by atoms with Crippen molar-refractivity contribution in [2.75, 3.05) is 17.4 Å². The van der Waals surface area contributed by atoms with Crippen molar-refractivity contribution in [1.82, 2.24) is 10.2 Å². The third-order valence-corrected chi connectivity index (χ3v) is 9.00. The van der Waals surface area contributed by atoms with Crippen LogP contribution in [0.2, 0.25) is 15.1 Å². The molecule has 3 rings (SSSR count). The minimum atomic E-state index is -4.27. The van der Waals surface area contributed by atoms with Crippen molar-refractivity contribution < 1.29 is 18.0 Å². The number of anilines is 1. The number of halogens is 3. The number of benzene rings is 3. The lowest BCUT2D eigenvalue weighted by Crippen LogP contribution is -2.52. The first-order valence-corrected chi connectivity index (χ1v) is 15.4. The van der Waals surface area contributed by atoms with Gasteiger partial charge < -0.3 is 10.2 Å². The lowest BCUT2D eigenvalue weighted by Gasteiger charge is -2.33. The number of amides is 2. The average molecular weight is 625 g/mol. The minimum Gasteiger partial charge on any atom is -0.354 e. The summed E-state index contributed by atoms with van der Waals surface area (Å²) in [6, 6.07) is 16.8. The predicted octanol–water partition coefficient (Wildman–Crippen LogP) is 6.48. The normalized spacial score (nSPS) is 12.1. The molecule has 1 N–H and O–H groups in total. The fraction of sp³-hybridized carbons (Fsp3) is 0.310. The average Bonchev–Trinajstić information content (AvgIpc) is 2.93.